The number of aromatic nitrogens is 2. The van der Waals surface area contributed by atoms with Gasteiger partial charge in [-0.2, -0.15) is 0 Å². The number of hydrogen-bond acceptors (Lipinski definition) is 8. The third kappa shape index (κ3) is 4.59. The van der Waals surface area contributed by atoms with Gasteiger partial charge in [0.05, 0.1) is 30.5 Å². The topological polar surface area (TPSA) is 97.3 Å². The Morgan fingerprint density at radius 1 is 1.24 bits per heavy atom. The number of carbonyl (C=O) groups is 1. The molecule has 3 atom stereocenters. The van der Waals surface area contributed by atoms with E-state index in [0.717, 1.165) is 61.6 Å². The summed E-state index contributed by atoms with van der Waals surface area (Å²) in [5.41, 5.74) is 3.01. The van der Waals surface area contributed by atoms with Crippen LogP contribution >= 0.6 is 27.7 Å². The van der Waals surface area contributed by atoms with Crippen LogP contribution in [0.2, 0.25) is 0 Å². The van der Waals surface area contributed by atoms with Crippen molar-refractivity contribution in [2.24, 2.45) is 0 Å². The highest BCUT2D eigenvalue weighted by atomic mass is 79.9. The van der Waals surface area contributed by atoms with Crippen LogP contribution in [0, 0.1) is 0 Å². The molecular formula is C27H29BrN4O5S. The summed E-state index contributed by atoms with van der Waals surface area (Å²) in [6, 6.07) is 10.1. The highest BCUT2D eigenvalue weighted by Gasteiger charge is 2.44. The normalized spacial score (nSPS) is 22.6. The Morgan fingerprint density at radius 3 is 2.74 bits per heavy atom. The predicted molar refractivity (Wildman–Crippen MR) is 148 cm³/mol. The first kappa shape index (κ1) is 25.7. The van der Waals surface area contributed by atoms with Gasteiger partial charge in [-0.15, -0.1) is 0 Å². The fourth-order valence-electron chi connectivity index (χ4n) is 6.02. The highest BCUT2D eigenvalue weighted by molar-refractivity contribution is 9.10. The molecule has 4 heterocycles. The molecule has 2 aromatic carbocycles. The van der Waals surface area contributed by atoms with Crippen molar-refractivity contribution < 1.29 is 24.1 Å². The van der Waals surface area contributed by atoms with Gasteiger partial charge in [-0.3, -0.25) is 4.90 Å². The van der Waals surface area contributed by atoms with Gasteiger partial charge in [0.15, 0.2) is 11.9 Å². The number of ether oxygens (including phenoxy) is 3. The lowest BCUT2D eigenvalue weighted by Crippen LogP contribution is -2.56. The van der Waals surface area contributed by atoms with Gasteiger partial charge in [-0.05, 0) is 48.2 Å². The number of piperazine rings is 1. The Labute approximate surface area is 233 Å². The molecule has 38 heavy (non-hydrogen) atoms. The summed E-state index contributed by atoms with van der Waals surface area (Å²) in [6.45, 7) is 1.83. The van der Waals surface area contributed by atoms with Gasteiger partial charge in [0, 0.05) is 42.0 Å². The molecule has 1 amide bonds. The van der Waals surface area contributed by atoms with Gasteiger partial charge in [-0.25, -0.2) is 14.8 Å². The van der Waals surface area contributed by atoms with Crippen LogP contribution in [0.5, 0.6) is 5.75 Å². The monoisotopic (exact) mass is 600 g/mol. The second kappa shape index (κ2) is 10.5. The van der Waals surface area contributed by atoms with Crippen LogP contribution in [-0.2, 0) is 22.5 Å². The van der Waals surface area contributed by atoms with Crippen molar-refractivity contribution in [3.63, 3.8) is 0 Å². The lowest BCUT2D eigenvalue weighted by Gasteiger charge is -2.41. The van der Waals surface area contributed by atoms with Crippen LogP contribution in [0.1, 0.15) is 35.8 Å². The van der Waals surface area contributed by atoms with E-state index in [1.54, 1.807) is 12.0 Å². The van der Waals surface area contributed by atoms with Crippen molar-refractivity contribution in [1.82, 2.24) is 14.9 Å². The maximum atomic E-state index is 11.8. The first-order valence-corrected chi connectivity index (χ1v) is 14.6. The third-order valence-corrected chi connectivity index (χ3v) is 8.87. The van der Waals surface area contributed by atoms with E-state index < -0.39 is 6.09 Å². The van der Waals surface area contributed by atoms with Gasteiger partial charge in [0.25, 0.3) is 0 Å². The van der Waals surface area contributed by atoms with E-state index in [4.69, 9.17) is 24.2 Å². The smallest absolute Gasteiger partial charge is 0.407 e. The number of rotatable bonds is 6. The molecule has 3 aliphatic rings. The molecule has 0 spiro atoms. The number of fused-ring (bicyclic) bond motifs is 4. The molecule has 0 radical (unpaired) electrons. The van der Waals surface area contributed by atoms with Gasteiger partial charge >= 0.3 is 6.09 Å². The zero-order valence-electron chi connectivity index (χ0n) is 21.2. The largest absolute Gasteiger partial charge is 0.468 e. The molecule has 2 bridgehead atoms. The van der Waals surface area contributed by atoms with Crippen molar-refractivity contribution in [3.05, 3.63) is 51.6 Å². The van der Waals surface area contributed by atoms with E-state index in [0.29, 0.717) is 26.1 Å². The molecule has 0 aliphatic carbocycles. The number of methoxy groups -OCH3 is 1. The zero-order chi connectivity index (χ0) is 26.4. The van der Waals surface area contributed by atoms with E-state index >= 15 is 0 Å². The van der Waals surface area contributed by atoms with E-state index in [-0.39, 0.29) is 25.0 Å². The molecule has 200 valence electrons. The third-order valence-electron chi connectivity index (χ3n) is 7.66. The Morgan fingerprint density at radius 2 is 2.03 bits per heavy atom. The average molecular weight is 602 g/mol. The van der Waals surface area contributed by atoms with Crippen molar-refractivity contribution >= 4 is 50.4 Å². The number of amides is 1. The average Bonchev–Trinajstić information content (AvgIpc) is 3.20. The van der Waals surface area contributed by atoms with Crippen LogP contribution in [0.3, 0.4) is 0 Å². The zero-order valence-corrected chi connectivity index (χ0v) is 23.6. The van der Waals surface area contributed by atoms with Crippen LogP contribution in [-0.4, -0.2) is 71.4 Å². The van der Waals surface area contributed by atoms with Crippen LogP contribution in [0.4, 0.5) is 10.6 Å². The molecule has 3 aliphatic heterocycles. The van der Waals surface area contributed by atoms with E-state index in [1.165, 1.54) is 11.8 Å². The number of carboxylic acid groups (broad SMARTS) is 1. The van der Waals surface area contributed by atoms with Crippen molar-refractivity contribution in [1.29, 1.82) is 0 Å². The SMILES string of the molecule is COCOc1cc(C2Cc3nc(SC)nc(N4CC5CCC(C4)N5C(=O)O)c3CO2)c2c(Br)cccc2c1. The van der Waals surface area contributed by atoms with Crippen LogP contribution in [0.15, 0.2) is 40.0 Å². The second-order valence-corrected chi connectivity index (χ2v) is 11.5. The van der Waals surface area contributed by atoms with Gasteiger partial charge in [-0.1, -0.05) is 39.8 Å². The molecule has 2 saturated heterocycles. The second-order valence-electron chi connectivity index (χ2n) is 9.84. The number of benzene rings is 2. The van der Waals surface area contributed by atoms with Crippen LogP contribution in [0.25, 0.3) is 10.8 Å². The summed E-state index contributed by atoms with van der Waals surface area (Å²) >= 11 is 5.26. The van der Waals surface area contributed by atoms with E-state index in [2.05, 4.69) is 26.9 Å². The molecular weight excluding hydrogens is 572 g/mol. The summed E-state index contributed by atoms with van der Waals surface area (Å²) in [5, 5.41) is 12.5. The Bertz CT molecular complexity index is 1380. The fraction of sp³-hybridized carbons (Fsp3) is 0.444. The summed E-state index contributed by atoms with van der Waals surface area (Å²) < 4.78 is 18.5. The summed E-state index contributed by atoms with van der Waals surface area (Å²) in [4.78, 5) is 25.5. The number of anilines is 1. The van der Waals surface area contributed by atoms with Gasteiger partial charge < -0.3 is 24.2 Å². The fourth-order valence-corrected chi connectivity index (χ4v) is 7.01. The summed E-state index contributed by atoms with van der Waals surface area (Å²) in [5.74, 6) is 1.60. The molecule has 1 aromatic heterocycles. The Kier molecular flexibility index (Phi) is 7.10. The maximum absolute atomic E-state index is 11.8. The summed E-state index contributed by atoms with van der Waals surface area (Å²) in [7, 11) is 1.60. The molecule has 6 rings (SSSR count). The first-order chi connectivity index (χ1) is 18.5. The number of nitrogens with zero attached hydrogens (tertiary/aromatic N) is 4. The quantitative estimate of drug-likeness (QED) is 0.231. The number of thioether (sulfide) groups is 1. The lowest BCUT2D eigenvalue weighted by atomic mass is 9.94. The molecule has 0 saturated carbocycles. The highest BCUT2D eigenvalue weighted by Crippen LogP contribution is 2.42. The Hall–Kier alpha value is -2.60. The van der Waals surface area contributed by atoms with Gasteiger partial charge in [0.2, 0.25) is 0 Å². The lowest BCUT2D eigenvalue weighted by molar-refractivity contribution is 0.0256. The summed E-state index contributed by atoms with van der Waals surface area (Å²) in [6.07, 6.45) is 3.32. The minimum absolute atomic E-state index is 0.00888. The molecule has 11 heteroatoms. The molecule has 9 nitrogen and oxygen atoms in total. The predicted octanol–water partition coefficient (Wildman–Crippen LogP) is 5.24. The van der Waals surface area contributed by atoms with Crippen molar-refractivity contribution in [2.45, 2.75) is 49.2 Å². The minimum Gasteiger partial charge on any atom is -0.468 e. The first-order valence-electron chi connectivity index (χ1n) is 12.6. The minimum atomic E-state index is -0.826. The molecule has 3 unspecified atom stereocenters. The van der Waals surface area contributed by atoms with E-state index in [1.807, 2.05) is 30.5 Å². The molecule has 2 fully saturated rings. The Balaban J connectivity index is 1.36. The standard InChI is InChI=1S/C27H29BrN4O5S/c1-35-14-37-18-8-15-4-3-5-21(28)24(15)19(9-18)23-10-22-20(13-36-23)25(30-26(29-22)38-2)31-11-16-6-7-17(12-31)32(16)27(33)34/h3-5,8-9,16-17,23H,6-7,10-14H2,1-2H3,(H,33,34). The number of hydrogen-bond donors (Lipinski definition) is 1. The van der Waals surface area contributed by atoms with E-state index in [9.17, 15) is 9.90 Å². The molecule has 3 aromatic rings. The maximum Gasteiger partial charge on any atom is 0.407 e. The van der Waals surface area contributed by atoms with Crippen molar-refractivity contribution in [3.8, 4) is 5.75 Å². The number of halogens is 1. The van der Waals surface area contributed by atoms with Gasteiger partial charge in [0.1, 0.15) is 11.6 Å². The van der Waals surface area contributed by atoms with Crippen LogP contribution < -0.4 is 9.64 Å². The van der Waals surface area contributed by atoms with Crippen molar-refractivity contribution in [2.75, 3.05) is 38.1 Å². The molecule has 1 N–H and O–H groups in total.